The molecule has 0 aliphatic carbocycles. The van der Waals surface area contributed by atoms with Crippen LogP contribution in [-0.2, 0) is 0 Å². The van der Waals surface area contributed by atoms with Gasteiger partial charge in [0.1, 0.15) is 0 Å². The van der Waals surface area contributed by atoms with Gasteiger partial charge >= 0.3 is 0 Å². The maximum absolute atomic E-state index is 5.87. The van der Waals surface area contributed by atoms with E-state index in [2.05, 4.69) is 23.1 Å². The quantitative estimate of drug-likeness (QED) is 0.916. The van der Waals surface area contributed by atoms with Crippen molar-refractivity contribution in [3.8, 4) is 5.75 Å². The zero-order valence-corrected chi connectivity index (χ0v) is 12.3. The first-order valence-corrected chi connectivity index (χ1v) is 7.44. The Morgan fingerprint density at radius 1 is 1.39 bits per heavy atom. The maximum Gasteiger partial charge on any atom is 0.197 e. The molecule has 5 heteroatoms. The zero-order chi connectivity index (χ0) is 13.2. The summed E-state index contributed by atoms with van der Waals surface area (Å²) >= 11 is 1.46. The number of hydrogen-bond acceptors (Lipinski definition) is 5. The van der Waals surface area contributed by atoms with Crippen LogP contribution in [0.5, 0.6) is 5.75 Å². The Kier molecular flexibility index (Phi) is 4.00. The summed E-state index contributed by atoms with van der Waals surface area (Å²) in [6.45, 7) is 9.45. The summed E-state index contributed by atoms with van der Waals surface area (Å²) in [6, 6.07) is 0. The molecule has 1 aromatic rings. The van der Waals surface area contributed by atoms with E-state index in [1.165, 1.54) is 30.8 Å². The fourth-order valence-electron chi connectivity index (χ4n) is 2.39. The first kappa shape index (κ1) is 13.5. The van der Waals surface area contributed by atoms with Crippen molar-refractivity contribution in [3.05, 3.63) is 0 Å². The number of ether oxygens (including phenoxy) is 1. The van der Waals surface area contributed by atoms with E-state index in [1.807, 2.05) is 6.92 Å². The summed E-state index contributed by atoms with van der Waals surface area (Å²) < 4.78 is 9.87. The molecule has 1 aromatic heterocycles. The van der Waals surface area contributed by atoms with Crippen molar-refractivity contribution in [2.45, 2.75) is 40.0 Å². The number of hydrogen-bond donors (Lipinski definition) is 1. The lowest BCUT2D eigenvalue weighted by molar-refractivity contribution is 0.324. The van der Waals surface area contributed by atoms with Gasteiger partial charge in [-0.05, 0) is 43.1 Å². The van der Waals surface area contributed by atoms with Crippen LogP contribution in [0.25, 0.3) is 0 Å². The summed E-state index contributed by atoms with van der Waals surface area (Å²) in [7, 11) is 0. The van der Waals surface area contributed by atoms with Crippen molar-refractivity contribution < 1.29 is 4.74 Å². The van der Waals surface area contributed by atoms with Gasteiger partial charge in [-0.2, -0.15) is 4.37 Å². The Bertz CT molecular complexity index is 403. The number of aromatic nitrogens is 1. The highest BCUT2D eigenvalue weighted by molar-refractivity contribution is 7.11. The molecule has 1 aliphatic rings. The number of nitrogens with zero attached hydrogens (tertiary/aromatic N) is 2. The molecule has 18 heavy (non-hydrogen) atoms. The average molecular weight is 269 g/mol. The van der Waals surface area contributed by atoms with Gasteiger partial charge in [0.25, 0.3) is 0 Å². The molecule has 0 amide bonds. The second-order valence-corrected chi connectivity index (χ2v) is 6.39. The van der Waals surface area contributed by atoms with Gasteiger partial charge in [0.15, 0.2) is 16.6 Å². The molecule has 0 aromatic carbocycles. The van der Waals surface area contributed by atoms with E-state index in [9.17, 15) is 0 Å². The van der Waals surface area contributed by atoms with Crippen LogP contribution < -0.4 is 15.4 Å². The normalized spacial score (nSPS) is 19.6. The monoisotopic (exact) mass is 269 g/mol. The predicted molar refractivity (Wildman–Crippen MR) is 77.5 cm³/mol. The Balaban J connectivity index is 2.16. The smallest absolute Gasteiger partial charge is 0.197 e. The summed E-state index contributed by atoms with van der Waals surface area (Å²) in [5.41, 5.74) is 6.32. The molecule has 4 nitrogen and oxygen atoms in total. The summed E-state index contributed by atoms with van der Waals surface area (Å²) in [6.07, 6.45) is 3.70. The van der Waals surface area contributed by atoms with E-state index >= 15 is 0 Å². The zero-order valence-electron chi connectivity index (χ0n) is 11.5. The molecular weight excluding hydrogens is 246 g/mol. The van der Waals surface area contributed by atoms with Crippen LogP contribution in [-0.4, -0.2) is 24.1 Å². The molecule has 1 saturated heterocycles. The minimum Gasteiger partial charge on any atom is -0.487 e. The maximum atomic E-state index is 5.87. The average Bonchev–Trinajstić information content (AvgIpc) is 2.56. The van der Waals surface area contributed by atoms with Crippen molar-refractivity contribution >= 4 is 22.4 Å². The van der Waals surface area contributed by atoms with Crippen LogP contribution >= 0.6 is 11.5 Å². The number of rotatable bonds is 3. The van der Waals surface area contributed by atoms with Gasteiger partial charge in [-0.3, -0.25) is 0 Å². The molecule has 0 atom stereocenters. The molecule has 2 rings (SSSR count). The fraction of sp³-hybridized carbons (Fsp3) is 0.769. The standard InChI is InChI=1S/C13H23N3OS/c1-4-17-10-11(14)15-18-12(10)16-8-5-6-13(2,3)7-9-16/h4-9H2,1-3H3,(H2,14,15). The minimum atomic E-state index is 0.441. The Labute approximate surface area is 113 Å². The molecule has 0 spiro atoms. The van der Waals surface area contributed by atoms with E-state index in [1.54, 1.807) is 0 Å². The molecule has 1 aliphatic heterocycles. The minimum absolute atomic E-state index is 0.441. The van der Waals surface area contributed by atoms with E-state index in [4.69, 9.17) is 10.5 Å². The lowest BCUT2D eigenvalue weighted by atomic mass is 9.85. The number of nitrogens with two attached hydrogens (primary N) is 1. The van der Waals surface area contributed by atoms with Crippen molar-refractivity contribution in [3.63, 3.8) is 0 Å². The SMILES string of the molecule is CCOc1c(N)nsc1N1CCCC(C)(C)CC1. The second kappa shape index (κ2) is 5.34. The van der Waals surface area contributed by atoms with Crippen LogP contribution in [0.2, 0.25) is 0 Å². The third kappa shape index (κ3) is 2.88. The van der Waals surface area contributed by atoms with Crippen LogP contribution in [0.3, 0.4) is 0 Å². The van der Waals surface area contributed by atoms with Crippen molar-refractivity contribution in [1.29, 1.82) is 0 Å². The summed E-state index contributed by atoms with van der Waals surface area (Å²) in [5, 5.41) is 1.10. The molecule has 102 valence electrons. The van der Waals surface area contributed by atoms with Gasteiger partial charge in [0, 0.05) is 13.1 Å². The molecular formula is C13H23N3OS. The van der Waals surface area contributed by atoms with Gasteiger partial charge in [0.05, 0.1) is 6.61 Å². The second-order valence-electron chi connectivity index (χ2n) is 5.64. The van der Waals surface area contributed by atoms with Crippen LogP contribution in [0.1, 0.15) is 40.0 Å². The molecule has 2 heterocycles. The van der Waals surface area contributed by atoms with Gasteiger partial charge in [0.2, 0.25) is 0 Å². The van der Waals surface area contributed by atoms with E-state index < -0.39 is 0 Å². The number of nitrogen functional groups attached to an aromatic ring is 1. The first-order chi connectivity index (χ1) is 8.53. The first-order valence-electron chi connectivity index (χ1n) is 6.66. The van der Waals surface area contributed by atoms with Gasteiger partial charge in [-0.1, -0.05) is 13.8 Å². The topological polar surface area (TPSA) is 51.4 Å². The lowest BCUT2D eigenvalue weighted by Crippen LogP contribution is -2.24. The third-order valence-electron chi connectivity index (χ3n) is 3.57. The molecule has 0 unspecified atom stereocenters. The largest absolute Gasteiger partial charge is 0.487 e. The Morgan fingerprint density at radius 3 is 2.89 bits per heavy atom. The molecule has 2 N–H and O–H groups in total. The molecule has 0 radical (unpaired) electrons. The van der Waals surface area contributed by atoms with Gasteiger partial charge in [-0.25, -0.2) is 0 Å². The van der Waals surface area contributed by atoms with Gasteiger partial charge in [-0.15, -0.1) is 0 Å². The highest BCUT2D eigenvalue weighted by atomic mass is 32.1. The highest BCUT2D eigenvalue weighted by Crippen LogP contribution is 2.40. The highest BCUT2D eigenvalue weighted by Gasteiger charge is 2.26. The van der Waals surface area contributed by atoms with Gasteiger partial charge < -0.3 is 15.4 Å². The predicted octanol–water partition coefficient (Wildman–Crippen LogP) is 3.14. The summed E-state index contributed by atoms with van der Waals surface area (Å²) in [4.78, 5) is 2.38. The van der Waals surface area contributed by atoms with Crippen LogP contribution in [0.4, 0.5) is 10.8 Å². The Morgan fingerprint density at radius 2 is 2.17 bits per heavy atom. The van der Waals surface area contributed by atoms with Crippen molar-refractivity contribution in [2.75, 3.05) is 30.3 Å². The lowest BCUT2D eigenvalue weighted by Gasteiger charge is -2.24. The summed E-state index contributed by atoms with van der Waals surface area (Å²) in [5.74, 6) is 1.31. The van der Waals surface area contributed by atoms with E-state index in [-0.39, 0.29) is 0 Å². The van der Waals surface area contributed by atoms with E-state index in [0.717, 1.165) is 23.8 Å². The van der Waals surface area contributed by atoms with Crippen LogP contribution in [0.15, 0.2) is 0 Å². The van der Waals surface area contributed by atoms with Crippen LogP contribution in [0, 0.1) is 5.41 Å². The number of anilines is 2. The molecule has 1 fully saturated rings. The van der Waals surface area contributed by atoms with Crippen molar-refractivity contribution in [2.24, 2.45) is 5.41 Å². The fourth-order valence-corrected chi connectivity index (χ4v) is 3.20. The molecule has 0 bridgehead atoms. The Hall–Kier alpha value is -0.970. The molecule has 0 saturated carbocycles. The third-order valence-corrected chi connectivity index (χ3v) is 4.48. The van der Waals surface area contributed by atoms with Crippen molar-refractivity contribution in [1.82, 2.24) is 4.37 Å². The van der Waals surface area contributed by atoms with E-state index in [0.29, 0.717) is 17.8 Å².